The monoisotopic (exact) mass is 520 g/mol. The first-order valence-corrected chi connectivity index (χ1v) is 12.0. The van der Waals surface area contributed by atoms with Crippen LogP contribution >= 0.6 is 0 Å². The minimum absolute atomic E-state index is 0. The average molecular weight is 521 g/mol. The number of rotatable bonds is 11. The van der Waals surface area contributed by atoms with Gasteiger partial charge < -0.3 is 21.1 Å². The van der Waals surface area contributed by atoms with Crippen LogP contribution in [0.15, 0.2) is 48.5 Å². The number of hydrogen-bond acceptors (Lipinski definition) is 6. The van der Waals surface area contributed by atoms with Gasteiger partial charge in [-0.1, -0.05) is 39.0 Å². The molecule has 0 spiro atoms. The Bertz CT molecular complexity index is 1170. The van der Waals surface area contributed by atoms with E-state index < -0.39 is 24.0 Å². The van der Waals surface area contributed by atoms with E-state index in [0.717, 1.165) is 31.4 Å². The second kappa shape index (κ2) is 17.3. The molecule has 2 atom stereocenters. The molecule has 0 radical (unpaired) electrons. The van der Waals surface area contributed by atoms with Crippen molar-refractivity contribution in [2.75, 3.05) is 18.4 Å². The second-order valence-corrected chi connectivity index (χ2v) is 8.25. The van der Waals surface area contributed by atoms with E-state index in [1.165, 1.54) is 24.5 Å². The summed E-state index contributed by atoms with van der Waals surface area (Å²) in [6, 6.07) is 12.2. The SMILES string of the molecule is C.CCCCCNCC(=O)Nc1ccc(C#CC#Cc2ccc(C(=O)N[C@H](C(=O)NO)[C@@H](C)O)cc2)cc1. The molecule has 0 heterocycles. The Morgan fingerprint density at radius 1 is 0.921 bits per heavy atom. The Morgan fingerprint density at radius 2 is 1.50 bits per heavy atom. The summed E-state index contributed by atoms with van der Waals surface area (Å²) in [6.07, 6.45) is 2.15. The van der Waals surface area contributed by atoms with Gasteiger partial charge in [-0.3, -0.25) is 19.6 Å². The van der Waals surface area contributed by atoms with Crippen LogP contribution in [-0.2, 0) is 9.59 Å². The summed E-state index contributed by atoms with van der Waals surface area (Å²) in [7, 11) is 0. The molecule has 0 aliphatic rings. The van der Waals surface area contributed by atoms with E-state index in [9.17, 15) is 19.5 Å². The van der Waals surface area contributed by atoms with Crippen molar-refractivity contribution in [3.63, 3.8) is 0 Å². The lowest BCUT2D eigenvalue weighted by molar-refractivity contribution is -0.133. The van der Waals surface area contributed by atoms with Gasteiger partial charge in [-0.05, 0) is 80.3 Å². The third-order valence-corrected chi connectivity index (χ3v) is 5.20. The van der Waals surface area contributed by atoms with Gasteiger partial charge in [0.25, 0.3) is 11.8 Å². The summed E-state index contributed by atoms with van der Waals surface area (Å²) in [5, 5.41) is 26.7. The van der Waals surface area contributed by atoms with Gasteiger partial charge in [0.15, 0.2) is 0 Å². The fraction of sp³-hybridized carbons (Fsp3) is 0.345. The number of aliphatic hydroxyl groups excluding tert-OH is 1. The number of anilines is 1. The number of amides is 3. The summed E-state index contributed by atoms with van der Waals surface area (Å²) >= 11 is 0. The van der Waals surface area contributed by atoms with Gasteiger partial charge in [0, 0.05) is 22.4 Å². The molecule has 2 aromatic rings. The summed E-state index contributed by atoms with van der Waals surface area (Å²) in [5.74, 6) is 9.73. The van der Waals surface area contributed by atoms with Crippen LogP contribution in [0.25, 0.3) is 0 Å². The highest BCUT2D eigenvalue weighted by atomic mass is 16.5. The van der Waals surface area contributed by atoms with Crippen molar-refractivity contribution in [1.29, 1.82) is 0 Å². The first-order chi connectivity index (χ1) is 17.8. The van der Waals surface area contributed by atoms with Crippen molar-refractivity contribution in [2.24, 2.45) is 0 Å². The Morgan fingerprint density at radius 3 is 2.03 bits per heavy atom. The third-order valence-electron chi connectivity index (χ3n) is 5.20. The topological polar surface area (TPSA) is 140 Å². The molecular formula is C29H36N4O5. The summed E-state index contributed by atoms with van der Waals surface area (Å²) in [5.41, 5.74) is 3.74. The number of benzene rings is 2. The number of nitrogens with one attached hydrogen (secondary N) is 4. The highest BCUT2D eigenvalue weighted by Gasteiger charge is 2.25. The largest absolute Gasteiger partial charge is 0.391 e. The molecule has 0 bridgehead atoms. The quantitative estimate of drug-likeness (QED) is 0.116. The van der Waals surface area contributed by atoms with Crippen molar-refractivity contribution in [3.8, 4) is 23.7 Å². The molecule has 0 saturated carbocycles. The zero-order valence-electron chi connectivity index (χ0n) is 20.9. The molecule has 6 N–H and O–H groups in total. The average Bonchev–Trinajstić information content (AvgIpc) is 2.90. The Hall–Kier alpha value is -4.15. The standard InChI is InChI=1S/C28H32N4O5.CH4/c1-3-4-7-18-29-19-25(34)30-24-16-12-22(13-17-24)9-6-5-8-21-10-14-23(15-11-21)27(35)31-26(20(2)33)28(36)32-37;/h10-17,20,26,29,33,37H,3-4,7,18-19H2,1-2H3,(H,30,34)(H,31,35)(H,32,36);1H4/t20-,26+;/m1./s1. The van der Waals surface area contributed by atoms with Crippen LogP contribution in [0.1, 0.15) is 62.0 Å². The maximum absolute atomic E-state index is 12.3. The van der Waals surface area contributed by atoms with E-state index in [0.29, 0.717) is 11.3 Å². The molecule has 0 unspecified atom stereocenters. The number of aliphatic hydroxyl groups is 1. The maximum Gasteiger partial charge on any atom is 0.268 e. The molecule has 0 fully saturated rings. The molecule has 202 valence electrons. The van der Waals surface area contributed by atoms with Crippen molar-refractivity contribution >= 4 is 23.4 Å². The number of hydroxylamine groups is 1. The molecule has 0 aliphatic heterocycles. The van der Waals surface area contributed by atoms with Gasteiger partial charge in [-0.25, -0.2) is 5.48 Å². The van der Waals surface area contributed by atoms with Crippen LogP contribution < -0.4 is 21.4 Å². The number of hydrogen-bond donors (Lipinski definition) is 6. The minimum atomic E-state index is -1.30. The van der Waals surface area contributed by atoms with Crippen molar-refractivity contribution < 1.29 is 24.7 Å². The third kappa shape index (κ3) is 11.3. The lowest BCUT2D eigenvalue weighted by atomic mass is 10.1. The summed E-state index contributed by atoms with van der Waals surface area (Å²) < 4.78 is 0. The number of carbonyl (C=O) groups excluding carboxylic acids is 3. The predicted molar refractivity (Wildman–Crippen MR) is 147 cm³/mol. The van der Waals surface area contributed by atoms with E-state index in [-0.39, 0.29) is 25.4 Å². The second-order valence-electron chi connectivity index (χ2n) is 8.25. The maximum atomic E-state index is 12.3. The number of carbonyl (C=O) groups is 3. The molecule has 0 aliphatic carbocycles. The first kappa shape index (κ1) is 31.9. The van der Waals surface area contributed by atoms with Crippen LogP contribution in [0.4, 0.5) is 5.69 Å². The van der Waals surface area contributed by atoms with Gasteiger partial charge in [0.05, 0.1) is 12.6 Å². The van der Waals surface area contributed by atoms with E-state index >= 15 is 0 Å². The van der Waals surface area contributed by atoms with Crippen molar-refractivity contribution in [3.05, 3.63) is 65.2 Å². The predicted octanol–water partition coefficient (Wildman–Crippen LogP) is 2.43. The summed E-state index contributed by atoms with van der Waals surface area (Å²) in [6.45, 7) is 4.56. The van der Waals surface area contributed by atoms with Crippen LogP contribution in [0.3, 0.4) is 0 Å². The summed E-state index contributed by atoms with van der Waals surface area (Å²) in [4.78, 5) is 35.8. The van der Waals surface area contributed by atoms with E-state index in [1.807, 2.05) is 0 Å². The molecule has 3 amide bonds. The Kier molecular flexibility index (Phi) is 14.5. The van der Waals surface area contributed by atoms with Gasteiger partial charge in [0.2, 0.25) is 5.91 Å². The van der Waals surface area contributed by atoms with E-state index in [2.05, 4.69) is 46.6 Å². The molecule has 38 heavy (non-hydrogen) atoms. The van der Waals surface area contributed by atoms with E-state index in [1.54, 1.807) is 36.4 Å². The van der Waals surface area contributed by atoms with Gasteiger partial charge in [-0.2, -0.15) is 0 Å². The van der Waals surface area contributed by atoms with Crippen molar-refractivity contribution in [1.82, 2.24) is 16.1 Å². The van der Waals surface area contributed by atoms with Crippen LogP contribution in [0.2, 0.25) is 0 Å². The fourth-order valence-electron chi connectivity index (χ4n) is 3.16. The fourth-order valence-corrected chi connectivity index (χ4v) is 3.16. The van der Waals surface area contributed by atoms with Crippen LogP contribution in [0, 0.1) is 23.7 Å². The zero-order chi connectivity index (χ0) is 27.0. The lowest BCUT2D eigenvalue weighted by Crippen LogP contribution is -2.51. The molecule has 9 nitrogen and oxygen atoms in total. The van der Waals surface area contributed by atoms with Crippen molar-refractivity contribution in [2.45, 2.75) is 52.7 Å². The smallest absolute Gasteiger partial charge is 0.268 e. The Labute approximate surface area is 224 Å². The van der Waals surface area contributed by atoms with E-state index in [4.69, 9.17) is 5.21 Å². The highest BCUT2D eigenvalue weighted by molar-refractivity contribution is 5.97. The lowest BCUT2D eigenvalue weighted by Gasteiger charge is -2.19. The molecular weight excluding hydrogens is 484 g/mol. The molecule has 0 aromatic heterocycles. The van der Waals surface area contributed by atoms with Gasteiger partial charge >= 0.3 is 0 Å². The highest BCUT2D eigenvalue weighted by Crippen LogP contribution is 2.09. The Balaban J connectivity index is 0.00000722. The normalized spacial score (nSPS) is 11.3. The van der Waals surface area contributed by atoms with Crippen LogP contribution in [-0.4, -0.2) is 53.3 Å². The molecule has 0 saturated heterocycles. The zero-order valence-corrected chi connectivity index (χ0v) is 20.9. The first-order valence-electron chi connectivity index (χ1n) is 12.0. The minimum Gasteiger partial charge on any atom is -0.391 e. The van der Waals surface area contributed by atoms with Gasteiger partial charge in [0.1, 0.15) is 6.04 Å². The van der Waals surface area contributed by atoms with Gasteiger partial charge in [-0.15, -0.1) is 0 Å². The molecule has 9 heteroatoms. The molecule has 2 rings (SSSR count). The number of unbranched alkanes of at least 4 members (excludes halogenated alkanes) is 2. The van der Waals surface area contributed by atoms with Crippen LogP contribution in [0.5, 0.6) is 0 Å². The molecule has 2 aromatic carbocycles.